The van der Waals surface area contributed by atoms with Crippen molar-refractivity contribution in [3.05, 3.63) is 69.0 Å². The van der Waals surface area contributed by atoms with Gasteiger partial charge in [0.25, 0.3) is 0 Å². The van der Waals surface area contributed by atoms with Crippen LogP contribution in [0.25, 0.3) is 11.0 Å². The van der Waals surface area contributed by atoms with Gasteiger partial charge in [0.05, 0.1) is 36.4 Å². The third-order valence-corrected chi connectivity index (χ3v) is 8.69. The SMILES string of the molecule is CCCCCCCCCC(=O)N(CC(=O)N(Cc1ccc2c(c1)OCO2)Cc1coc2ccc(Cl)cc2c1=O)C[C@@H]1CCCO1. The van der Waals surface area contributed by atoms with Crippen LogP contribution in [0, 0.1) is 0 Å². The second-order valence-corrected chi connectivity index (χ2v) is 12.4. The third-order valence-electron chi connectivity index (χ3n) is 8.45. The van der Waals surface area contributed by atoms with E-state index >= 15 is 0 Å². The molecule has 0 spiro atoms. The summed E-state index contributed by atoms with van der Waals surface area (Å²) in [5.74, 6) is 0.923. The third kappa shape index (κ3) is 9.01. The molecule has 0 bridgehead atoms. The van der Waals surface area contributed by atoms with Crippen LogP contribution in [0.5, 0.6) is 11.5 Å². The second-order valence-electron chi connectivity index (χ2n) is 11.9. The quantitative estimate of drug-likeness (QED) is 0.158. The molecule has 0 unspecified atom stereocenters. The van der Waals surface area contributed by atoms with Gasteiger partial charge in [-0.25, -0.2) is 0 Å². The molecule has 2 amide bonds. The van der Waals surface area contributed by atoms with Gasteiger partial charge in [-0.2, -0.15) is 0 Å². The molecule has 0 saturated carbocycles. The number of rotatable bonds is 16. The standard InChI is InChI=1S/C35H43ClN2O7/c1-2-3-4-5-6-7-8-11-33(39)38(21-28-10-9-16-42-28)22-34(40)37(19-25-12-14-31-32(17-25)45-24-44-31)20-26-23-43-30-15-13-27(36)18-29(30)35(26)41/h12-15,17-18,23,28H,2-11,16,19-22,24H2,1H3/t28-/m0/s1. The van der Waals surface area contributed by atoms with Gasteiger partial charge < -0.3 is 28.4 Å². The second kappa shape index (κ2) is 16.1. The summed E-state index contributed by atoms with van der Waals surface area (Å²) < 4.78 is 22.6. The molecule has 2 aliphatic heterocycles. The van der Waals surface area contributed by atoms with Crippen molar-refractivity contribution in [2.75, 3.05) is 26.5 Å². The molecule has 1 atom stereocenters. The first kappa shape index (κ1) is 32.8. The maximum atomic E-state index is 14.1. The first-order valence-corrected chi connectivity index (χ1v) is 16.5. The number of fused-ring (bicyclic) bond motifs is 2. The molecular weight excluding hydrogens is 596 g/mol. The number of ether oxygens (including phenoxy) is 3. The lowest BCUT2D eigenvalue weighted by Gasteiger charge is -2.29. The Bertz CT molecular complexity index is 1520. The van der Waals surface area contributed by atoms with Gasteiger partial charge in [-0.05, 0) is 55.2 Å². The number of carbonyl (C=O) groups excluding carboxylic acids is 2. The van der Waals surface area contributed by atoms with Crippen LogP contribution in [0.15, 0.2) is 51.9 Å². The van der Waals surface area contributed by atoms with E-state index in [4.69, 9.17) is 30.2 Å². The van der Waals surface area contributed by atoms with Crippen molar-refractivity contribution in [3.8, 4) is 11.5 Å². The minimum absolute atomic E-state index is 0.00220. The highest BCUT2D eigenvalue weighted by molar-refractivity contribution is 6.31. The molecule has 5 rings (SSSR count). The molecule has 2 aliphatic rings. The Morgan fingerprint density at radius 2 is 1.71 bits per heavy atom. The molecule has 45 heavy (non-hydrogen) atoms. The number of amides is 2. The van der Waals surface area contributed by atoms with Crippen LogP contribution >= 0.6 is 11.6 Å². The normalized spacial score (nSPS) is 15.5. The Kier molecular flexibility index (Phi) is 11.8. The fourth-order valence-corrected chi connectivity index (χ4v) is 6.07. The van der Waals surface area contributed by atoms with Crippen molar-refractivity contribution in [1.29, 1.82) is 0 Å². The predicted molar refractivity (Wildman–Crippen MR) is 172 cm³/mol. The van der Waals surface area contributed by atoms with Crippen LogP contribution in [0.4, 0.5) is 0 Å². The summed E-state index contributed by atoms with van der Waals surface area (Å²) in [6.45, 7) is 3.46. The minimum Gasteiger partial charge on any atom is -0.464 e. The van der Waals surface area contributed by atoms with Crippen molar-refractivity contribution in [1.82, 2.24) is 9.80 Å². The summed E-state index contributed by atoms with van der Waals surface area (Å²) in [7, 11) is 0. The molecule has 0 radical (unpaired) electrons. The summed E-state index contributed by atoms with van der Waals surface area (Å²) in [4.78, 5) is 44.2. The zero-order valence-electron chi connectivity index (χ0n) is 26.1. The van der Waals surface area contributed by atoms with E-state index in [1.54, 1.807) is 28.0 Å². The summed E-state index contributed by atoms with van der Waals surface area (Å²) in [5, 5.41) is 0.768. The van der Waals surface area contributed by atoms with E-state index in [0.29, 0.717) is 52.6 Å². The monoisotopic (exact) mass is 638 g/mol. The summed E-state index contributed by atoms with van der Waals surface area (Å²) >= 11 is 6.17. The maximum absolute atomic E-state index is 14.1. The van der Waals surface area contributed by atoms with E-state index in [9.17, 15) is 14.4 Å². The Hall–Kier alpha value is -3.56. The highest BCUT2D eigenvalue weighted by Gasteiger charge is 2.27. The Labute approximate surface area is 269 Å². The van der Waals surface area contributed by atoms with Crippen LogP contribution in [-0.2, 0) is 27.4 Å². The van der Waals surface area contributed by atoms with Gasteiger partial charge in [0.1, 0.15) is 5.58 Å². The van der Waals surface area contributed by atoms with Crippen molar-refractivity contribution in [2.24, 2.45) is 0 Å². The molecule has 1 saturated heterocycles. The fourth-order valence-electron chi connectivity index (χ4n) is 5.89. The molecular formula is C35H43ClN2O7. The lowest BCUT2D eigenvalue weighted by atomic mass is 10.1. The van der Waals surface area contributed by atoms with Gasteiger partial charge in [0.2, 0.25) is 18.6 Å². The molecule has 242 valence electrons. The van der Waals surface area contributed by atoms with Gasteiger partial charge in [0.15, 0.2) is 16.9 Å². The Morgan fingerprint density at radius 3 is 2.51 bits per heavy atom. The average Bonchev–Trinajstić information content (AvgIpc) is 3.73. The lowest BCUT2D eigenvalue weighted by molar-refractivity contribution is -0.142. The number of unbranched alkanes of at least 4 members (excludes halogenated alkanes) is 6. The van der Waals surface area contributed by atoms with E-state index in [1.807, 2.05) is 18.2 Å². The molecule has 10 heteroatoms. The number of hydrogen-bond acceptors (Lipinski definition) is 7. The van der Waals surface area contributed by atoms with Crippen molar-refractivity contribution in [2.45, 2.75) is 90.3 Å². The van der Waals surface area contributed by atoms with Gasteiger partial charge >= 0.3 is 0 Å². The largest absolute Gasteiger partial charge is 0.464 e. The van der Waals surface area contributed by atoms with Crippen molar-refractivity contribution >= 4 is 34.4 Å². The summed E-state index contributed by atoms with van der Waals surface area (Å²) in [5.41, 5.74) is 1.29. The van der Waals surface area contributed by atoms with Crippen LogP contribution in [-0.4, -0.2) is 54.2 Å². The van der Waals surface area contributed by atoms with Crippen molar-refractivity contribution < 1.29 is 28.2 Å². The first-order valence-electron chi connectivity index (χ1n) is 16.2. The highest BCUT2D eigenvalue weighted by Crippen LogP contribution is 2.33. The number of benzene rings is 2. The minimum atomic E-state index is -0.274. The number of carbonyl (C=O) groups is 2. The Morgan fingerprint density at radius 1 is 0.911 bits per heavy atom. The zero-order chi connectivity index (χ0) is 31.6. The Balaban J connectivity index is 1.33. The topological polar surface area (TPSA) is 98.5 Å². The van der Waals surface area contributed by atoms with Crippen LogP contribution < -0.4 is 14.9 Å². The fraction of sp³-hybridized carbons (Fsp3) is 0.514. The molecule has 1 aromatic heterocycles. The molecule has 3 heterocycles. The van der Waals surface area contributed by atoms with Crippen LogP contribution in [0.3, 0.4) is 0 Å². The number of halogens is 1. The van der Waals surface area contributed by atoms with Gasteiger partial charge in [-0.3, -0.25) is 14.4 Å². The van der Waals surface area contributed by atoms with E-state index in [0.717, 1.165) is 37.7 Å². The predicted octanol–water partition coefficient (Wildman–Crippen LogP) is 6.85. The van der Waals surface area contributed by atoms with Gasteiger partial charge in [-0.1, -0.05) is 63.1 Å². The van der Waals surface area contributed by atoms with E-state index < -0.39 is 0 Å². The average molecular weight is 639 g/mol. The molecule has 0 N–H and O–H groups in total. The van der Waals surface area contributed by atoms with Crippen molar-refractivity contribution in [3.63, 3.8) is 0 Å². The van der Waals surface area contributed by atoms with E-state index in [1.165, 1.54) is 31.9 Å². The molecule has 3 aromatic rings. The van der Waals surface area contributed by atoms with Crippen LogP contribution in [0.1, 0.15) is 82.3 Å². The maximum Gasteiger partial charge on any atom is 0.242 e. The van der Waals surface area contributed by atoms with Crippen LogP contribution in [0.2, 0.25) is 5.02 Å². The summed E-state index contributed by atoms with van der Waals surface area (Å²) in [6.07, 6.45) is 11.3. The smallest absolute Gasteiger partial charge is 0.242 e. The number of nitrogens with zero attached hydrogens (tertiary/aromatic N) is 2. The number of hydrogen-bond donors (Lipinski definition) is 0. The molecule has 0 aliphatic carbocycles. The lowest BCUT2D eigenvalue weighted by Crippen LogP contribution is -2.45. The van der Waals surface area contributed by atoms with E-state index in [2.05, 4.69) is 6.92 Å². The first-order chi connectivity index (χ1) is 21.9. The summed E-state index contributed by atoms with van der Waals surface area (Å²) in [6, 6.07) is 10.4. The van der Waals surface area contributed by atoms with Gasteiger partial charge in [0, 0.05) is 31.1 Å². The zero-order valence-corrected chi connectivity index (χ0v) is 26.8. The van der Waals surface area contributed by atoms with E-state index in [-0.39, 0.29) is 49.8 Å². The molecule has 1 fully saturated rings. The van der Waals surface area contributed by atoms with Gasteiger partial charge in [-0.15, -0.1) is 0 Å². The highest BCUT2D eigenvalue weighted by atomic mass is 35.5. The molecule has 9 nitrogen and oxygen atoms in total. The molecule has 2 aromatic carbocycles.